The molecular formula is C21H17F3N4O3. The molecule has 1 saturated heterocycles. The van der Waals surface area contributed by atoms with Crippen molar-refractivity contribution < 1.29 is 23.1 Å². The lowest BCUT2D eigenvalue weighted by atomic mass is 10.1. The molecule has 2 atom stereocenters. The lowest BCUT2D eigenvalue weighted by Crippen LogP contribution is -2.46. The van der Waals surface area contributed by atoms with Gasteiger partial charge in [-0.15, -0.1) is 0 Å². The fourth-order valence-electron chi connectivity index (χ4n) is 4.36. The van der Waals surface area contributed by atoms with E-state index in [1.165, 1.54) is 0 Å². The molecule has 3 aromatic rings. The average Bonchev–Trinajstić information content (AvgIpc) is 3.39. The zero-order chi connectivity index (χ0) is 22.1. The van der Waals surface area contributed by atoms with Gasteiger partial charge in [0.1, 0.15) is 17.2 Å². The summed E-state index contributed by atoms with van der Waals surface area (Å²) in [5.74, 6) is -3.85. The average molecular weight is 430 g/mol. The molecule has 2 aliphatic rings. The van der Waals surface area contributed by atoms with E-state index in [0.717, 1.165) is 41.8 Å². The van der Waals surface area contributed by atoms with Crippen LogP contribution in [0.1, 0.15) is 23.2 Å². The molecule has 10 heteroatoms. The molecule has 1 aliphatic carbocycles. The van der Waals surface area contributed by atoms with Crippen molar-refractivity contribution in [1.29, 1.82) is 0 Å². The summed E-state index contributed by atoms with van der Waals surface area (Å²) in [6.45, 7) is 0.900. The number of nitrogens with two attached hydrogens (primary N) is 1. The molecule has 0 bridgehead atoms. The second-order valence-corrected chi connectivity index (χ2v) is 8.15. The van der Waals surface area contributed by atoms with Gasteiger partial charge in [-0.05, 0) is 37.0 Å². The van der Waals surface area contributed by atoms with Crippen molar-refractivity contribution in [3.05, 3.63) is 63.7 Å². The van der Waals surface area contributed by atoms with Crippen LogP contribution in [-0.4, -0.2) is 39.3 Å². The number of hydrogen-bond acceptors (Lipinski definition) is 5. The Labute approximate surface area is 173 Å². The van der Waals surface area contributed by atoms with E-state index in [2.05, 4.69) is 4.98 Å². The molecule has 2 fully saturated rings. The fourth-order valence-corrected chi connectivity index (χ4v) is 4.36. The van der Waals surface area contributed by atoms with Crippen molar-refractivity contribution in [3.8, 4) is 5.69 Å². The van der Waals surface area contributed by atoms with Crippen LogP contribution in [0.25, 0.3) is 16.7 Å². The summed E-state index contributed by atoms with van der Waals surface area (Å²) in [6.07, 6.45) is 2.52. The molecule has 2 unspecified atom stereocenters. The number of carbonyl (C=O) groups is 1. The van der Waals surface area contributed by atoms with Gasteiger partial charge >= 0.3 is 5.97 Å². The Morgan fingerprint density at radius 1 is 1.23 bits per heavy atom. The number of piperidine rings is 1. The normalized spacial score (nSPS) is 22.5. The molecule has 1 aromatic carbocycles. The van der Waals surface area contributed by atoms with Gasteiger partial charge in [0.25, 0.3) is 0 Å². The highest BCUT2D eigenvalue weighted by Crippen LogP contribution is 2.48. The molecule has 1 saturated carbocycles. The van der Waals surface area contributed by atoms with E-state index in [9.17, 15) is 27.9 Å². The number of anilines is 1. The van der Waals surface area contributed by atoms with E-state index in [0.29, 0.717) is 25.1 Å². The third-order valence-electron chi connectivity index (χ3n) is 6.12. The number of benzene rings is 1. The van der Waals surface area contributed by atoms with Gasteiger partial charge in [-0.3, -0.25) is 9.36 Å². The number of hydrogen-bond donors (Lipinski definition) is 2. The highest BCUT2D eigenvalue weighted by atomic mass is 19.1. The summed E-state index contributed by atoms with van der Waals surface area (Å²) in [6, 6.07) is 3.62. The van der Waals surface area contributed by atoms with Crippen LogP contribution in [0.4, 0.5) is 19.0 Å². The van der Waals surface area contributed by atoms with E-state index < -0.39 is 40.0 Å². The topological polar surface area (TPSA) is 101 Å². The molecule has 0 spiro atoms. The second kappa shape index (κ2) is 6.55. The molecule has 3 heterocycles. The smallest absolute Gasteiger partial charge is 0.341 e. The highest BCUT2D eigenvalue weighted by Gasteiger charge is 2.54. The zero-order valence-electron chi connectivity index (χ0n) is 16.1. The first-order chi connectivity index (χ1) is 14.7. The van der Waals surface area contributed by atoms with Crippen molar-refractivity contribution in [3.63, 3.8) is 0 Å². The van der Waals surface area contributed by atoms with Crippen LogP contribution in [-0.2, 0) is 0 Å². The lowest BCUT2D eigenvalue weighted by Gasteiger charge is -2.32. The number of pyridine rings is 2. The van der Waals surface area contributed by atoms with Crippen LogP contribution in [0.5, 0.6) is 0 Å². The zero-order valence-corrected chi connectivity index (χ0v) is 16.1. The van der Waals surface area contributed by atoms with Crippen molar-refractivity contribution in [1.82, 2.24) is 9.55 Å². The SMILES string of the molecule is NC12CC1CCN(c1nc3c(cc1F)c(=O)c(C(=O)O)cn3-c1ccc(F)cc1F)C2. The molecule has 1 aliphatic heterocycles. The standard InChI is InChI=1S/C21H17F3N4O3/c22-11-1-2-16(14(23)5-11)28-8-13(20(30)31)17(29)12-6-15(24)19(26-18(12)28)27-4-3-10-7-21(10,25)9-27/h1-2,5-6,8,10H,3-4,7,9,25H2,(H,30,31). The van der Waals surface area contributed by atoms with Crippen molar-refractivity contribution in [2.75, 3.05) is 18.0 Å². The van der Waals surface area contributed by atoms with Crippen LogP contribution in [0.3, 0.4) is 0 Å². The molecule has 5 rings (SSSR count). The Morgan fingerprint density at radius 3 is 2.68 bits per heavy atom. The number of halogens is 3. The lowest BCUT2D eigenvalue weighted by molar-refractivity contribution is 0.0695. The van der Waals surface area contributed by atoms with Crippen LogP contribution >= 0.6 is 0 Å². The maximum atomic E-state index is 15.0. The van der Waals surface area contributed by atoms with Gasteiger partial charge in [0, 0.05) is 30.9 Å². The first-order valence-corrected chi connectivity index (χ1v) is 9.66. The Balaban J connectivity index is 1.77. The number of rotatable bonds is 3. The Morgan fingerprint density at radius 2 is 2.00 bits per heavy atom. The van der Waals surface area contributed by atoms with Crippen molar-refractivity contribution in [2.24, 2.45) is 11.7 Å². The van der Waals surface area contributed by atoms with E-state index >= 15 is 0 Å². The minimum absolute atomic E-state index is 0.0542. The summed E-state index contributed by atoms with van der Waals surface area (Å²) < 4.78 is 43.9. The predicted octanol–water partition coefficient (Wildman–Crippen LogP) is 2.43. The molecule has 2 aromatic heterocycles. The third kappa shape index (κ3) is 3.05. The Bertz CT molecular complexity index is 1330. The van der Waals surface area contributed by atoms with Gasteiger partial charge in [-0.1, -0.05) is 0 Å². The number of nitrogens with zero attached hydrogens (tertiary/aromatic N) is 3. The van der Waals surface area contributed by atoms with Crippen molar-refractivity contribution >= 4 is 22.8 Å². The first-order valence-electron chi connectivity index (χ1n) is 9.66. The minimum atomic E-state index is -1.56. The molecule has 0 radical (unpaired) electrons. The van der Waals surface area contributed by atoms with E-state index in [1.54, 1.807) is 4.90 Å². The summed E-state index contributed by atoms with van der Waals surface area (Å²) >= 11 is 0. The number of carboxylic acids is 1. The molecule has 7 nitrogen and oxygen atoms in total. The Kier molecular flexibility index (Phi) is 4.13. The Hall–Kier alpha value is -3.40. The number of aromatic carboxylic acids is 1. The van der Waals surface area contributed by atoms with Gasteiger partial charge in [0.2, 0.25) is 5.43 Å². The van der Waals surface area contributed by atoms with Crippen LogP contribution < -0.4 is 16.1 Å². The van der Waals surface area contributed by atoms with Gasteiger partial charge in [-0.25, -0.2) is 22.9 Å². The summed E-state index contributed by atoms with van der Waals surface area (Å²) in [5.41, 5.74) is 3.87. The summed E-state index contributed by atoms with van der Waals surface area (Å²) in [5, 5.41) is 9.07. The molecule has 160 valence electrons. The molecular weight excluding hydrogens is 413 g/mol. The van der Waals surface area contributed by atoms with Crippen LogP contribution in [0.2, 0.25) is 0 Å². The number of fused-ring (bicyclic) bond motifs is 2. The van der Waals surface area contributed by atoms with Gasteiger partial charge in [0.15, 0.2) is 17.3 Å². The van der Waals surface area contributed by atoms with Gasteiger partial charge in [0.05, 0.1) is 11.1 Å². The number of aromatic nitrogens is 2. The van der Waals surface area contributed by atoms with Crippen LogP contribution in [0.15, 0.2) is 35.3 Å². The highest BCUT2D eigenvalue weighted by molar-refractivity contribution is 5.92. The minimum Gasteiger partial charge on any atom is -0.477 e. The largest absolute Gasteiger partial charge is 0.477 e. The van der Waals surface area contributed by atoms with E-state index in [-0.39, 0.29) is 22.5 Å². The van der Waals surface area contributed by atoms with Gasteiger partial charge in [-0.2, -0.15) is 0 Å². The summed E-state index contributed by atoms with van der Waals surface area (Å²) in [7, 11) is 0. The van der Waals surface area contributed by atoms with E-state index in [4.69, 9.17) is 5.73 Å². The predicted molar refractivity (Wildman–Crippen MR) is 106 cm³/mol. The van der Waals surface area contributed by atoms with Crippen molar-refractivity contribution in [2.45, 2.75) is 18.4 Å². The third-order valence-corrected chi connectivity index (χ3v) is 6.12. The second-order valence-electron chi connectivity index (χ2n) is 8.15. The molecule has 31 heavy (non-hydrogen) atoms. The number of carboxylic acid groups (broad SMARTS) is 1. The maximum Gasteiger partial charge on any atom is 0.341 e. The monoisotopic (exact) mass is 430 g/mol. The maximum absolute atomic E-state index is 15.0. The molecule has 3 N–H and O–H groups in total. The van der Waals surface area contributed by atoms with Crippen LogP contribution in [0, 0.1) is 23.4 Å². The first kappa shape index (κ1) is 19.6. The van der Waals surface area contributed by atoms with Gasteiger partial charge < -0.3 is 15.7 Å². The quantitative estimate of drug-likeness (QED) is 0.662. The fraction of sp³-hybridized carbons (Fsp3) is 0.286. The summed E-state index contributed by atoms with van der Waals surface area (Å²) in [4.78, 5) is 30.2. The molecule has 0 amide bonds. The van der Waals surface area contributed by atoms with E-state index in [1.807, 2.05) is 0 Å².